The highest BCUT2D eigenvalue weighted by Gasteiger charge is 2.24. The number of rotatable bonds is 7. The average Bonchev–Trinajstić information content (AvgIpc) is 3.44. The predicted octanol–water partition coefficient (Wildman–Crippen LogP) is 4.87. The number of nitrogens with one attached hydrogen (secondary N) is 3. The number of hydrogen-bond donors (Lipinski definition) is 3. The van der Waals surface area contributed by atoms with E-state index in [1.165, 1.54) is 18.4 Å². The van der Waals surface area contributed by atoms with Gasteiger partial charge in [-0.15, -0.1) is 11.3 Å². The number of amides is 2. The first-order valence-electron chi connectivity index (χ1n) is 9.59. The van der Waals surface area contributed by atoms with Gasteiger partial charge in [-0.05, 0) is 41.3 Å². The second-order valence-corrected chi connectivity index (χ2v) is 8.26. The second kappa shape index (κ2) is 9.24. The van der Waals surface area contributed by atoms with E-state index in [1.807, 2.05) is 35.8 Å². The van der Waals surface area contributed by atoms with Gasteiger partial charge in [-0.25, -0.2) is 0 Å². The Balaban J connectivity index is 1.58. The molecule has 158 valence electrons. The van der Waals surface area contributed by atoms with E-state index in [2.05, 4.69) is 15.6 Å². The van der Waals surface area contributed by atoms with Gasteiger partial charge in [0.25, 0.3) is 5.91 Å². The van der Waals surface area contributed by atoms with Crippen molar-refractivity contribution >= 4 is 51.3 Å². The van der Waals surface area contributed by atoms with Crippen molar-refractivity contribution in [1.82, 2.24) is 10.3 Å². The van der Waals surface area contributed by atoms with Crippen molar-refractivity contribution in [2.45, 2.75) is 12.5 Å². The molecule has 0 aliphatic rings. The number of halogens is 1. The van der Waals surface area contributed by atoms with E-state index in [-0.39, 0.29) is 11.8 Å². The third kappa shape index (κ3) is 4.73. The van der Waals surface area contributed by atoms with E-state index in [4.69, 9.17) is 16.3 Å². The van der Waals surface area contributed by atoms with Crippen molar-refractivity contribution in [3.8, 4) is 5.75 Å². The summed E-state index contributed by atoms with van der Waals surface area (Å²) in [6.07, 6.45) is 2.20. The highest BCUT2D eigenvalue weighted by Crippen LogP contribution is 2.27. The summed E-state index contributed by atoms with van der Waals surface area (Å²) in [5, 5.41) is 8.93. The zero-order chi connectivity index (χ0) is 21.8. The Hall–Kier alpha value is -3.29. The number of carbonyl (C=O) groups excluding carboxylic acids is 2. The molecule has 2 amide bonds. The quantitative estimate of drug-likeness (QED) is 0.373. The fourth-order valence-corrected chi connectivity index (χ4v) is 4.22. The summed E-state index contributed by atoms with van der Waals surface area (Å²) in [5.74, 6) is -0.111. The van der Waals surface area contributed by atoms with Crippen LogP contribution in [0.4, 0.5) is 5.69 Å². The molecule has 6 nitrogen and oxygen atoms in total. The van der Waals surface area contributed by atoms with E-state index in [1.54, 1.807) is 30.3 Å². The molecule has 0 saturated carbocycles. The van der Waals surface area contributed by atoms with E-state index >= 15 is 0 Å². The molecule has 0 bridgehead atoms. The van der Waals surface area contributed by atoms with Crippen LogP contribution in [0.3, 0.4) is 0 Å². The number of carbonyl (C=O) groups is 2. The molecule has 4 rings (SSSR count). The Bertz CT molecular complexity index is 1220. The Labute approximate surface area is 188 Å². The van der Waals surface area contributed by atoms with Crippen LogP contribution in [-0.4, -0.2) is 29.9 Å². The molecule has 0 aliphatic carbocycles. The maximum Gasteiger partial charge on any atom is 0.262 e. The zero-order valence-electron chi connectivity index (χ0n) is 16.6. The standard InChI is InChI=1S/C23H20ClN3O3S/c1-30-20-9-8-15(12-17(20)24)26-22(28)19(27-23(29)21-7-4-10-31-21)11-14-13-25-18-6-3-2-5-16(14)18/h2-10,12-13,19,25H,11H2,1H3,(H,26,28)(H,27,29)/t19-/m0/s1. The molecule has 0 saturated heterocycles. The molecule has 31 heavy (non-hydrogen) atoms. The molecule has 0 fully saturated rings. The molecule has 0 radical (unpaired) electrons. The van der Waals surface area contributed by atoms with E-state index in [0.717, 1.165) is 16.5 Å². The predicted molar refractivity (Wildman–Crippen MR) is 124 cm³/mol. The molecule has 0 unspecified atom stereocenters. The van der Waals surface area contributed by atoms with Gasteiger partial charge in [-0.2, -0.15) is 0 Å². The van der Waals surface area contributed by atoms with Crippen LogP contribution in [0.15, 0.2) is 66.2 Å². The summed E-state index contributed by atoms with van der Waals surface area (Å²) in [4.78, 5) is 29.6. The van der Waals surface area contributed by atoms with Crippen molar-refractivity contribution in [2.24, 2.45) is 0 Å². The maximum atomic E-state index is 13.1. The summed E-state index contributed by atoms with van der Waals surface area (Å²) in [5.41, 5.74) is 2.43. The van der Waals surface area contributed by atoms with Crippen molar-refractivity contribution in [1.29, 1.82) is 0 Å². The Morgan fingerprint density at radius 3 is 2.74 bits per heavy atom. The zero-order valence-corrected chi connectivity index (χ0v) is 18.2. The number of benzene rings is 2. The van der Waals surface area contributed by atoms with Gasteiger partial charge < -0.3 is 20.4 Å². The third-order valence-corrected chi connectivity index (χ3v) is 6.05. The van der Waals surface area contributed by atoms with Crippen molar-refractivity contribution in [3.63, 3.8) is 0 Å². The molecular weight excluding hydrogens is 434 g/mol. The first kappa shape index (κ1) is 21.0. The molecule has 2 aromatic heterocycles. The minimum atomic E-state index is -0.783. The Morgan fingerprint density at radius 2 is 2.00 bits per heavy atom. The number of anilines is 1. The van der Waals surface area contributed by atoms with Crippen LogP contribution < -0.4 is 15.4 Å². The van der Waals surface area contributed by atoms with Gasteiger partial charge in [-0.1, -0.05) is 35.9 Å². The molecule has 0 aliphatic heterocycles. The molecular formula is C23H20ClN3O3S. The van der Waals surface area contributed by atoms with Crippen LogP contribution in [0.1, 0.15) is 15.2 Å². The van der Waals surface area contributed by atoms with Crippen molar-refractivity contribution < 1.29 is 14.3 Å². The fourth-order valence-electron chi connectivity index (χ4n) is 3.34. The second-order valence-electron chi connectivity index (χ2n) is 6.91. The molecule has 4 aromatic rings. The summed E-state index contributed by atoms with van der Waals surface area (Å²) in [6, 6.07) is 15.6. The van der Waals surface area contributed by atoms with E-state index < -0.39 is 6.04 Å². The number of ether oxygens (including phenoxy) is 1. The summed E-state index contributed by atoms with van der Waals surface area (Å²) < 4.78 is 5.15. The van der Waals surface area contributed by atoms with Gasteiger partial charge in [0, 0.05) is 29.2 Å². The van der Waals surface area contributed by atoms with Crippen molar-refractivity contribution in [3.05, 3.63) is 81.6 Å². The van der Waals surface area contributed by atoms with E-state index in [0.29, 0.717) is 27.8 Å². The van der Waals surface area contributed by atoms with Crippen LogP contribution in [0, 0.1) is 0 Å². The highest BCUT2D eigenvalue weighted by molar-refractivity contribution is 7.12. The fraction of sp³-hybridized carbons (Fsp3) is 0.130. The summed E-state index contributed by atoms with van der Waals surface area (Å²) >= 11 is 7.50. The first-order valence-corrected chi connectivity index (χ1v) is 10.8. The smallest absolute Gasteiger partial charge is 0.262 e. The summed E-state index contributed by atoms with van der Waals surface area (Å²) in [7, 11) is 1.52. The topological polar surface area (TPSA) is 83.2 Å². The van der Waals surface area contributed by atoms with Crippen LogP contribution in [0.25, 0.3) is 10.9 Å². The van der Waals surface area contributed by atoms with Crippen LogP contribution in [-0.2, 0) is 11.2 Å². The van der Waals surface area contributed by atoms with Gasteiger partial charge in [0.2, 0.25) is 5.91 Å². The number of hydrogen-bond acceptors (Lipinski definition) is 4. The first-order chi connectivity index (χ1) is 15.0. The molecule has 0 spiro atoms. The number of fused-ring (bicyclic) bond motifs is 1. The molecule has 1 atom stereocenters. The van der Waals surface area contributed by atoms with Gasteiger partial charge in [0.15, 0.2) is 0 Å². The number of H-pyrrole nitrogens is 1. The molecule has 8 heteroatoms. The lowest BCUT2D eigenvalue weighted by molar-refractivity contribution is -0.118. The van der Waals surface area contributed by atoms with Gasteiger partial charge in [0.1, 0.15) is 11.8 Å². The lowest BCUT2D eigenvalue weighted by atomic mass is 10.0. The Morgan fingerprint density at radius 1 is 1.16 bits per heavy atom. The molecule has 2 heterocycles. The normalized spacial score (nSPS) is 11.8. The highest BCUT2D eigenvalue weighted by atomic mass is 35.5. The number of aromatic nitrogens is 1. The lowest BCUT2D eigenvalue weighted by Gasteiger charge is -2.18. The molecule has 2 aromatic carbocycles. The number of methoxy groups -OCH3 is 1. The van der Waals surface area contributed by atoms with Gasteiger partial charge in [0.05, 0.1) is 17.0 Å². The monoisotopic (exact) mass is 453 g/mol. The SMILES string of the molecule is COc1ccc(NC(=O)[C@H](Cc2c[nH]c3ccccc23)NC(=O)c2cccs2)cc1Cl. The van der Waals surface area contributed by atoms with Crippen LogP contribution >= 0.6 is 22.9 Å². The molecule has 3 N–H and O–H groups in total. The van der Waals surface area contributed by atoms with E-state index in [9.17, 15) is 9.59 Å². The summed E-state index contributed by atoms with van der Waals surface area (Å²) in [6.45, 7) is 0. The largest absolute Gasteiger partial charge is 0.495 e. The number of thiophene rings is 1. The van der Waals surface area contributed by atoms with Crippen LogP contribution in [0.2, 0.25) is 5.02 Å². The maximum absolute atomic E-state index is 13.1. The lowest BCUT2D eigenvalue weighted by Crippen LogP contribution is -2.45. The van der Waals surface area contributed by atoms with Gasteiger partial charge >= 0.3 is 0 Å². The third-order valence-electron chi connectivity index (χ3n) is 4.89. The minimum Gasteiger partial charge on any atom is -0.495 e. The number of aromatic amines is 1. The van der Waals surface area contributed by atoms with Crippen LogP contribution in [0.5, 0.6) is 5.75 Å². The van der Waals surface area contributed by atoms with Gasteiger partial charge in [-0.3, -0.25) is 9.59 Å². The average molecular weight is 454 g/mol. The van der Waals surface area contributed by atoms with Crippen molar-refractivity contribution in [2.75, 3.05) is 12.4 Å². The minimum absolute atomic E-state index is 0.289. The number of para-hydroxylation sites is 1. The Kier molecular flexibility index (Phi) is 6.25.